The largest absolute Gasteiger partial charge is 0.477 e. The van der Waals surface area contributed by atoms with Gasteiger partial charge in [0.25, 0.3) is 5.91 Å². The standard InChI is InChI=1S/C20H22N2O4/c1-2-25-19-16(10-6-12-21-19)20(24)26-13-18(23)22-17-11-5-8-14-7-3-4-9-15(14)17/h3-4,6-7,9-10,12,17H,2,5,8,11,13H2,1H3,(H,22,23)/t17-/m0/s1. The molecule has 1 aliphatic carbocycles. The number of hydrogen-bond acceptors (Lipinski definition) is 5. The van der Waals surface area contributed by atoms with Crippen molar-refractivity contribution in [3.05, 3.63) is 59.3 Å². The van der Waals surface area contributed by atoms with Crippen molar-refractivity contribution in [2.45, 2.75) is 32.2 Å². The molecule has 0 aliphatic heterocycles. The molecule has 0 spiro atoms. The number of nitrogens with zero attached hydrogens (tertiary/aromatic N) is 1. The first-order chi connectivity index (χ1) is 12.7. The zero-order chi connectivity index (χ0) is 18.4. The molecule has 0 fully saturated rings. The van der Waals surface area contributed by atoms with Crippen LogP contribution in [0, 0.1) is 0 Å². The second kappa shape index (κ2) is 8.47. The zero-order valence-corrected chi connectivity index (χ0v) is 14.7. The molecule has 136 valence electrons. The van der Waals surface area contributed by atoms with Crippen molar-refractivity contribution in [2.24, 2.45) is 0 Å². The third-order valence-corrected chi connectivity index (χ3v) is 4.31. The zero-order valence-electron chi connectivity index (χ0n) is 14.7. The topological polar surface area (TPSA) is 77.5 Å². The van der Waals surface area contributed by atoms with Gasteiger partial charge in [-0.05, 0) is 49.4 Å². The number of aromatic nitrogens is 1. The second-order valence-corrected chi connectivity index (χ2v) is 6.08. The molecule has 1 aromatic carbocycles. The fraction of sp³-hybridized carbons (Fsp3) is 0.350. The smallest absolute Gasteiger partial charge is 0.344 e. The average Bonchev–Trinajstić information content (AvgIpc) is 2.67. The number of hydrogen-bond donors (Lipinski definition) is 1. The molecule has 6 nitrogen and oxygen atoms in total. The van der Waals surface area contributed by atoms with Crippen molar-refractivity contribution in [3.8, 4) is 5.88 Å². The van der Waals surface area contributed by atoms with E-state index in [1.165, 1.54) is 11.8 Å². The molecule has 26 heavy (non-hydrogen) atoms. The maximum atomic E-state index is 12.2. The Bertz CT molecular complexity index is 791. The Kier molecular flexibility index (Phi) is 5.84. The van der Waals surface area contributed by atoms with Crippen LogP contribution in [0.3, 0.4) is 0 Å². The van der Waals surface area contributed by atoms with E-state index in [4.69, 9.17) is 9.47 Å². The van der Waals surface area contributed by atoms with Crippen LogP contribution in [0.25, 0.3) is 0 Å². The number of fused-ring (bicyclic) bond motifs is 1. The lowest BCUT2D eigenvalue weighted by Gasteiger charge is -2.26. The molecule has 3 rings (SSSR count). The molecule has 0 saturated heterocycles. The van der Waals surface area contributed by atoms with Crippen molar-refractivity contribution in [3.63, 3.8) is 0 Å². The molecule has 1 atom stereocenters. The van der Waals surface area contributed by atoms with Gasteiger partial charge in [0, 0.05) is 6.20 Å². The van der Waals surface area contributed by atoms with Crippen molar-refractivity contribution >= 4 is 11.9 Å². The summed E-state index contributed by atoms with van der Waals surface area (Å²) in [4.78, 5) is 28.5. The molecule has 1 N–H and O–H groups in total. The maximum Gasteiger partial charge on any atom is 0.344 e. The molecule has 0 unspecified atom stereocenters. The summed E-state index contributed by atoms with van der Waals surface area (Å²) in [5.74, 6) is -0.732. The lowest BCUT2D eigenvalue weighted by Crippen LogP contribution is -2.34. The maximum absolute atomic E-state index is 12.2. The molecule has 1 aromatic heterocycles. The lowest BCUT2D eigenvalue weighted by molar-refractivity contribution is -0.125. The number of carbonyl (C=O) groups is 2. The van der Waals surface area contributed by atoms with Gasteiger partial charge in [0.1, 0.15) is 5.56 Å². The first-order valence-corrected chi connectivity index (χ1v) is 8.81. The molecule has 0 bridgehead atoms. The van der Waals surface area contributed by atoms with Gasteiger partial charge < -0.3 is 14.8 Å². The number of benzene rings is 1. The number of nitrogens with one attached hydrogen (secondary N) is 1. The Morgan fingerprint density at radius 1 is 1.23 bits per heavy atom. The average molecular weight is 354 g/mol. The summed E-state index contributed by atoms with van der Waals surface area (Å²) in [5, 5.41) is 2.96. The Labute approximate surface area is 152 Å². The molecule has 1 amide bonds. The van der Waals surface area contributed by atoms with Crippen LogP contribution in [-0.2, 0) is 16.0 Å². The Morgan fingerprint density at radius 3 is 2.92 bits per heavy atom. The minimum absolute atomic E-state index is 0.0384. The highest BCUT2D eigenvalue weighted by atomic mass is 16.5. The monoisotopic (exact) mass is 354 g/mol. The number of rotatable bonds is 6. The van der Waals surface area contributed by atoms with Crippen molar-refractivity contribution in [1.29, 1.82) is 0 Å². The van der Waals surface area contributed by atoms with E-state index >= 15 is 0 Å². The molecule has 0 saturated carbocycles. The van der Waals surface area contributed by atoms with Gasteiger partial charge in [0.2, 0.25) is 5.88 Å². The molecule has 1 aliphatic rings. The fourth-order valence-corrected chi connectivity index (χ4v) is 3.15. The number of pyridine rings is 1. The minimum Gasteiger partial charge on any atom is -0.477 e. The fourth-order valence-electron chi connectivity index (χ4n) is 3.15. The summed E-state index contributed by atoms with van der Waals surface area (Å²) in [7, 11) is 0. The van der Waals surface area contributed by atoms with E-state index in [-0.39, 0.29) is 30.0 Å². The van der Waals surface area contributed by atoms with E-state index in [1.54, 1.807) is 19.1 Å². The minimum atomic E-state index is -0.624. The van der Waals surface area contributed by atoms with Crippen LogP contribution in [0.5, 0.6) is 5.88 Å². The van der Waals surface area contributed by atoms with Gasteiger partial charge in [0.05, 0.1) is 12.6 Å². The van der Waals surface area contributed by atoms with Crippen molar-refractivity contribution in [2.75, 3.05) is 13.2 Å². The van der Waals surface area contributed by atoms with Gasteiger partial charge >= 0.3 is 5.97 Å². The third kappa shape index (κ3) is 4.20. The number of aryl methyl sites for hydroxylation is 1. The van der Waals surface area contributed by atoms with Crippen LogP contribution >= 0.6 is 0 Å². The molecule has 1 heterocycles. The van der Waals surface area contributed by atoms with Crippen LogP contribution in [-0.4, -0.2) is 30.1 Å². The van der Waals surface area contributed by atoms with Gasteiger partial charge in [-0.2, -0.15) is 0 Å². The van der Waals surface area contributed by atoms with Crippen molar-refractivity contribution in [1.82, 2.24) is 10.3 Å². The normalized spacial score (nSPS) is 15.7. The number of carbonyl (C=O) groups excluding carboxylic acids is 2. The van der Waals surface area contributed by atoms with E-state index in [9.17, 15) is 9.59 Å². The van der Waals surface area contributed by atoms with Gasteiger partial charge in [-0.1, -0.05) is 24.3 Å². The van der Waals surface area contributed by atoms with Crippen LogP contribution in [0.4, 0.5) is 0 Å². The predicted octanol–water partition coefficient (Wildman–Crippen LogP) is 2.83. The van der Waals surface area contributed by atoms with Gasteiger partial charge in [-0.25, -0.2) is 9.78 Å². The van der Waals surface area contributed by atoms with E-state index in [1.807, 2.05) is 18.2 Å². The highest BCUT2D eigenvalue weighted by Gasteiger charge is 2.22. The Balaban J connectivity index is 1.58. The highest BCUT2D eigenvalue weighted by Crippen LogP contribution is 2.29. The molecule has 2 aromatic rings. The quantitative estimate of drug-likeness (QED) is 0.807. The van der Waals surface area contributed by atoms with Gasteiger partial charge in [-0.15, -0.1) is 0 Å². The summed E-state index contributed by atoms with van der Waals surface area (Å²) >= 11 is 0. The number of ether oxygens (including phenoxy) is 2. The third-order valence-electron chi connectivity index (χ3n) is 4.31. The van der Waals surface area contributed by atoms with Crippen LogP contribution in [0.15, 0.2) is 42.6 Å². The van der Waals surface area contributed by atoms with Gasteiger partial charge in [0.15, 0.2) is 6.61 Å². The van der Waals surface area contributed by atoms with Crippen molar-refractivity contribution < 1.29 is 19.1 Å². The summed E-state index contributed by atoms with van der Waals surface area (Å²) in [6.07, 6.45) is 4.47. The first-order valence-electron chi connectivity index (χ1n) is 8.81. The highest BCUT2D eigenvalue weighted by molar-refractivity contribution is 5.93. The summed E-state index contributed by atoms with van der Waals surface area (Å²) < 4.78 is 10.4. The molecular weight excluding hydrogens is 332 g/mol. The molecule has 6 heteroatoms. The molecule has 0 radical (unpaired) electrons. The van der Waals surface area contributed by atoms with Crippen LogP contribution in [0.2, 0.25) is 0 Å². The first kappa shape index (κ1) is 17.9. The van der Waals surface area contributed by atoms with E-state index < -0.39 is 5.97 Å². The van der Waals surface area contributed by atoms with Crippen LogP contribution in [0.1, 0.15) is 47.3 Å². The van der Waals surface area contributed by atoms with E-state index in [0.29, 0.717) is 6.61 Å². The number of esters is 1. The van der Waals surface area contributed by atoms with E-state index in [2.05, 4.69) is 16.4 Å². The summed E-state index contributed by atoms with van der Waals surface area (Å²) in [6, 6.07) is 11.3. The lowest BCUT2D eigenvalue weighted by atomic mass is 9.88. The second-order valence-electron chi connectivity index (χ2n) is 6.08. The Morgan fingerprint density at radius 2 is 2.08 bits per heavy atom. The Hall–Kier alpha value is -2.89. The number of amides is 1. The SMILES string of the molecule is CCOc1ncccc1C(=O)OCC(=O)N[C@H]1CCCc2ccccc21. The molecular formula is C20H22N2O4. The van der Waals surface area contributed by atoms with Gasteiger partial charge in [-0.3, -0.25) is 4.79 Å². The predicted molar refractivity (Wildman–Crippen MR) is 96.0 cm³/mol. The summed E-state index contributed by atoms with van der Waals surface area (Å²) in [6.45, 7) is 1.86. The summed E-state index contributed by atoms with van der Waals surface area (Å²) in [5.41, 5.74) is 2.62. The van der Waals surface area contributed by atoms with Crippen LogP contribution < -0.4 is 10.1 Å². The van der Waals surface area contributed by atoms with E-state index in [0.717, 1.165) is 24.8 Å².